The summed E-state index contributed by atoms with van der Waals surface area (Å²) in [6.07, 6.45) is 2.03. The molecule has 82 valence electrons. The number of nitrogens with zero attached hydrogens (tertiary/aromatic N) is 4. The van der Waals surface area contributed by atoms with Crippen LogP contribution in [0.1, 0.15) is 0 Å². The average molecular weight is 232 g/mol. The Labute approximate surface area is 98.3 Å². The fourth-order valence-corrected chi connectivity index (χ4v) is 2.50. The number of thioether (sulfide) groups is 1. The molecule has 5 heteroatoms. The number of fused-ring (bicyclic) bond motifs is 1. The zero-order valence-electron chi connectivity index (χ0n) is 9.00. The molecule has 16 heavy (non-hydrogen) atoms. The van der Waals surface area contributed by atoms with Crippen molar-refractivity contribution in [3.63, 3.8) is 0 Å². The van der Waals surface area contributed by atoms with Crippen LogP contribution in [0.4, 0.5) is 11.6 Å². The van der Waals surface area contributed by atoms with Crippen LogP contribution in [0, 0.1) is 0 Å². The highest BCUT2D eigenvalue weighted by Gasteiger charge is 2.25. The Morgan fingerprint density at radius 2 is 1.94 bits per heavy atom. The SMILES string of the molecule is CSc1nnc2n1CCN2c1ccccc1. The van der Waals surface area contributed by atoms with Crippen molar-refractivity contribution in [3.05, 3.63) is 30.3 Å². The molecule has 0 saturated heterocycles. The van der Waals surface area contributed by atoms with E-state index in [2.05, 4.69) is 31.8 Å². The zero-order valence-corrected chi connectivity index (χ0v) is 9.81. The number of para-hydroxylation sites is 1. The van der Waals surface area contributed by atoms with E-state index in [1.807, 2.05) is 24.5 Å². The summed E-state index contributed by atoms with van der Waals surface area (Å²) >= 11 is 1.64. The van der Waals surface area contributed by atoms with Gasteiger partial charge in [0, 0.05) is 18.8 Å². The summed E-state index contributed by atoms with van der Waals surface area (Å²) < 4.78 is 2.16. The molecule has 2 aromatic rings. The van der Waals surface area contributed by atoms with Crippen molar-refractivity contribution >= 4 is 23.4 Å². The lowest BCUT2D eigenvalue weighted by atomic mass is 10.3. The maximum Gasteiger partial charge on any atom is 0.232 e. The Bertz CT molecular complexity index is 494. The standard InChI is InChI=1S/C11H12N4S/c1-16-11-13-12-10-14(7-8-15(10)11)9-5-3-2-4-6-9/h2-6H,7-8H2,1H3. The molecule has 3 rings (SSSR count). The minimum atomic E-state index is 0.954. The summed E-state index contributed by atoms with van der Waals surface area (Å²) in [6, 6.07) is 10.3. The first-order valence-corrected chi connectivity index (χ1v) is 6.42. The van der Waals surface area contributed by atoms with Crippen molar-refractivity contribution in [1.29, 1.82) is 0 Å². The Morgan fingerprint density at radius 3 is 2.69 bits per heavy atom. The number of benzene rings is 1. The molecule has 1 aromatic carbocycles. The van der Waals surface area contributed by atoms with E-state index in [1.54, 1.807) is 11.8 Å². The third-order valence-corrected chi connectivity index (χ3v) is 3.40. The number of hydrogen-bond donors (Lipinski definition) is 0. The predicted molar refractivity (Wildman–Crippen MR) is 65.3 cm³/mol. The van der Waals surface area contributed by atoms with Gasteiger partial charge in [-0.05, 0) is 18.4 Å². The second-order valence-electron chi connectivity index (χ2n) is 3.63. The molecule has 1 aromatic heterocycles. The molecule has 4 nitrogen and oxygen atoms in total. The van der Waals surface area contributed by atoms with Gasteiger partial charge in [-0.3, -0.25) is 4.57 Å². The van der Waals surface area contributed by atoms with E-state index < -0.39 is 0 Å². The second-order valence-corrected chi connectivity index (χ2v) is 4.40. The number of aromatic nitrogens is 3. The van der Waals surface area contributed by atoms with Crippen LogP contribution in [0.25, 0.3) is 0 Å². The molecule has 0 unspecified atom stereocenters. The summed E-state index contributed by atoms with van der Waals surface area (Å²) in [6.45, 7) is 1.94. The van der Waals surface area contributed by atoms with Gasteiger partial charge in [-0.15, -0.1) is 10.2 Å². The highest BCUT2D eigenvalue weighted by Crippen LogP contribution is 2.30. The molecule has 0 amide bonds. The molecule has 0 aliphatic carbocycles. The normalized spacial score (nSPS) is 14.2. The van der Waals surface area contributed by atoms with Crippen molar-refractivity contribution < 1.29 is 0 Å². The molecule has 2 heterocycles. The summed E-state index contributed by atoms with van der Waals surface area (Å²) in [5.74, 6) is 0.954. The number of anilines is 2. The molecule has 0 radical (unpaired) electrons. The van der Waals surface area contributed by atoms with Crippen LogP contribution in [0.2, 0.25) is 0 Å². The molecule has 0 atom stereocenters. The van der Waals surface area contributed by atoms with Crippen molar-refractivity contribution in [1.82, 2.24) is 14.8 Å². The zero-order chi connectivity index (χ0) is 11.0. The van der Waals surface area contributed by atoms with Crippen molar-refractivity contribution in [2.24, 2.45) is 0 Å². The summed E-state index contributed by atoms with van der Waals surface area (Å²) in [5, 5.41) is 9.40. The maximum atomic E-state index is 4.24. The maximum absolute atomic E-state index is 4.24. The lowest BCUT2D eigenvalue weighted by Crippen LogP contribution is -2.13. The van der Waals surface area contributed by atoms with Gasteiger partial charge in [-0.1, -0.05) is 30.0 Å². The van der Waals surface area contributed by atoms with Gasteiger partial charge in [0.2, 0.25) is 5.95 Å². The van der Waals surface area contributed by atoms with Gasteiger partial charge < -0.3 is 4.90 Å². The molecule has 0 fully saturated rings. The molecule has 0 bridgehead atoms. The molecule has 1 aliphatic heterocycles. The first-order chi connectivity index (χ1) is 7.90. The fourth-order valence-electron chi connectivity index (χ4n) is 1.98. The Hall–Kier alpha value is -1.49. The summed E-state index contributed by atoms with van der Waals surface area (Å²) in [5.41, 5.74) is 1.18. The van der Waals surface area contributed by atoms with Crippen LogP contribution >= 0.6 is 11.8 Å². The topological polar surface area (TPSA) is 34.0 Å². The van der Waals surface area contributed by atoms with E-state index in [1.165, 1.54) is 5.69 Å². The second kappa shape index (κ2) is 3.83. The lowest BCUT2D eigenvalue weighted by molar-refractivity contribution is 0.705. The van der Waals surface area contributed by atoms with E-state index in [-0.39, 0.29) is 0 Å². The fraction of sp³-hybridized carbons (Fsp3) is 0.273. The van der Waals surface area contributed by atoms with E-state index in [0.717, 1.165) is 24.2 Å². The Kier molecular flexibility index (Phi) is 2.32. The van der Waals surface area contributed by atoms with Crippen molar-refractivity contribution in [2.75, 3.05) is 17.7 Å². The van der Waals surface area contributed by atoms with Gasteiger partial charge in [0.25, 0.3) is 0 Å². The lowest BCUT2D eigenvalue weighted by Gasteiger charge is -2.14. The third kappa shape index (κ3) is 1.39. The predicted octanol–water partition coefficient (Wildman–Crippen LogP) is 2.15. The molecular weight excluding hydrogens is 220 g/mol. The summed E-state index contributed by atoms with van der Waals surface area (Å²) in [4.78, 5) is 2.20. The average Bonchev–Trinajstić information content (AvgIpc) is 2.90. The van der Waals surface area contributed by atoms with E-state index in [4.69, 9.17) is 0 Å². The van der Waals surface area contributed by atoms with Crippen molar-refractivity contribution in [2.45, 2.75) is 11.7 Å². The van der Waals surface area contributed by atoms with E-state index in [0.29, 0.717) is 0 Å². The first kappa shape index (κ1) is 9.72. The van der Waals surface area contributed by atoms with Crippen LogP contribution in [0.3, 0.4) is 0 Å². The molecular formula is C11H12N4S. The number of hydrogen-bond acceptors (Lipinski definition) is 4. The molecule has 0 spiro atoms. The van der Waals surface area contributed by atoms with Crippen LogP contribution in [-0.2, 0) is 6.54 Å². The molecule has 1 aliphatic rings. The highest BCUT2D eigenvalue weighted by atomic mass is 32.2. The smallest absolute Gasteiger partial charge is 0.232 e. The minimum absolute atomic E-state index is 0.954. The Morgan fingerprint density at radius 1 is 1.12 bits per heavy atom. The van der Waals surface area contributed by atoms with Gasteiger partial charge in [-0.25, -0.2) is 0 Å². The third-order valence-electron chi connectivity index (χ3n) is 2.74. The first-order valence-electron chi connectivity index (χ1n) is 5.20. The van der Waals surface area contributed by atoms with Crippen LogP contribution < -0.4 is 4.90 Å². The monoisotopic (exact) mass is 232 g/mol. The number of rotatable bonds is 2. The van der Waals surface area contributed by atoms with Crippen LogP contribution in [-0.4, -0.2) is 27.6 Å². The van der Waals surface area contributed by atoms with E-state index in [9.17, 15) is 0 Å². The summed E-state index contributed by atoms with van der Waals surface area (Å²) in [7, 11) is 0. The van der Waals surface area contributed by atoms with Crippen molar-refractivity contribution in [3.8, 4) is 0 Å². The Balaban J connectivity index is 2.01. The highest BCUT2D eigenvalue weighted by molar-refractivity contribution is 7.98. The molecule has 0 N–H and O–H groups in total. The van der Waals surface area contributed by atoms with Crippen LogP contribution in [0.15, 0.2) is 35.5 Å². The van der Waals surface area contributed by atoms with Gasteiger partial charge >= 0.3 is 0 Å². The quantitative estimate of drug-likeness (QED) is 0.743. The van der Waals surface area contributed by atoms with Gasteiger partial charge in [0.15, 0.2) is 5.16 Å². The minimum Gasteiger partial charge on any atom is -0.309 e. The largest absolute Gasteiger partial charge is 0.309 e. The van der Waals surface area contributed by atoms with Gasteiger partial charge in [-0.2, -0.15) is 0 Å². The van der Waals surface area contributed by atoms with Crippen LogP contribution in [0.5, 0.6) is 0 Å². The van der Waals surface area contributed by atoms with Gasteiger partial charge in [0.05, 0.1) is 0 Å². The van der Waals surface area contributed by atoms with E-state index >= 15 is 0 Å². The molecule has 0 saturated carbocycles. The van der Waals surface area contributed by atoms with Gasteiger partial charge in [0.1, 0.15) is 0 Å².